The molecule has 0 aromatic heterocycles. The molecule has 1 aliphatic heterocycles. The van der Waals surface area contributed by atoms with E-state index in [1.54, 1.807) is 0 Å². The lowest BCUT2D eigenvalue weighted by Gasteiger charge is -2.01. The zero-order chi connectivity index (χ0) is 8.93. The number of benzene rings is 1. The van der Waals surface area contributed by atoms with Gasteiger partial charge >= 0.3 is 0 Å². The van der Waals surface area contributed by atoms with Gasteiger partial charge in [0.05, 0.1) is 19.8 Å². The Morgan fingerprint density at radius 3 is 2.77 bits per heavy atom. The molecule has 13 heavy (non-hydrogen) atoms. The van der Waals surface area contributed by atoms with Crippen molar-refractivity contribution in [2.24, 2.45) is 0 Å². The number of ether oxygens (including phenoxy) is 2. The summed E-state index contributed by atoms with van der Waals surface area (Å²) in [4.78, 5) is 0. The Labute approximate surface area is 78.5 Å². The fraction of sp³-hybridized carbons (Fsp3) is 0.455. The summed E-state index contributed by atoms with van der Waals surface area (Å²) < 4.78 is 10.5. The fourth-order valence-corrected chi connectivity index (χ4v) is 1.21. The minimum Gasteiger partial charge on any atom is -0.378 e. The van der Waals surface area contributed by atoms with Gasteiger partial charge in [-0.05, 0) is 12.0 Å². The SMILES string of the molecule is c1ccc(CCOCC2CO2)cc1. The lowest BCUT2D eigenvalue weighted by Crippen LogP contribution is -2.04. The summed E-state index contributed by atoms with van der Waals surface area (Å²) in [6.07, 6.45) is 1.38. The maximum atomic E-state index is 5.44. The summed E-state index contributed by atoms with van der Waals surface area (Å²) in [5.74, 6) is 0. The van der Waals surface area contributed by atoms with Crippen LogP contribution < -0.4 is 0 Å². The molecular weight excluding hydrogens is 164 g/mol. The number of rotatable bonds is 5. The molecule has 1 aromatic rings. The van der Waals surface area contributed by atoms with Gasteiger partial charge in [0.15, 0.2) is 0 Å². The zero-order valence-corrected chi connectivity index (χ0v) is 7.61. The average Bonchev–Trinajstić information content (AvgIpc) is 2.98. The predicted octanol–water partition coefficient (Wildman–Crippen LogP) is 1.64. The van der Waals surface area contributed by atoms with Crippen LogP contribution in [0.25, 0.3) is 0 Å². The maximum absolute atomic E-state index is 5.44. The molecule has 0 saturated carbocycles. The highest BCUT2D eigenvalue weighted by Crippen LogP contribution is 2.08. The van der Waals surface area contributed by atoms with E-state index >= 15 is 0 Å². The average molecular weight is 178 g/mol. The molecule has 0 bridgehead atoms. The number of hydrogen-bond donors (Lipinski definition) is 0. The predicted molar refractivity (Wildman–Crippen MR) is 50.7 cm³/mol. The molecule has 0 N–H and O–H groups in total. The Bertz CT molecular complexity index is 242. The topological polar surface area (TPSA) is 21.8 Å². The summed E-state index contributed by atoms with van der Waals surface area (Å²) in [6, 6.07) is 10.4. The Kier molecular flexibility index (Phi) is 2.95. The molecule has 0 radical (unpaired) electrons. The molecule has 0 amide bonds. The van der Waals surface area contributed by atoms with Crippen LogP contribution in [-0.2, 0) is 15.9 Å². The van der Waals surface area contributed by atoms with Crippen molar-refractivity contribution in [1.29, 1.82) is 0 Å². The van der Waals surface area contributed by atoms with Crippen molar-refractivity contribution >= 4 is 0 Å². The van der Waals surface area contributed by atoms with Gasteiger partial charge in [0.1, 0.15) is 6.10 Å². The molecule has 1 aliphatic rings. The van der Waals surface area contributed by atoms with Crippen LogP contribution in [0.3, 0.4) is 0 Å². The van der Waals surface area contributed by atoms with Gasteiger partial charge < -0.3 is 9.47 Å². The van der Waals surface area contributed by atoms with Crippen molar-refractivity contribution in [2.45, 2.75) is 12.5 Å². The Hall–Kier alpha value is -0.860. The first kappa shape index (κ1) is 8.73. The standard InChI is InChI=1S/C11H14O2/c1-2-4-10(5-3-1)6-7-12-8-11-9-13-11/h1-5,11H,6-9H2. The summed E-state index contributed by atoms with van der Waals surface area (Å²) in [5, 5.41) is 0. The lowest BCUT2D eigenvalue weighted by molar-refractivity contribution is 0.119. The van der Waals surface area contributed by atoms with Gasteiger partial charge in [0, 0.05) is 0 Å². The first-order valence-electron chi connectivity index (χ1n) is 4.68. The second kappa shape index (κ2) is 4.40. The van der Waals surface area contributed by atoms with Gasteiger partial charge in [-0.3, -0.25) is 0 Å². The summed E-state index contributed by atoms with van der Waals surface area (Å²) >= 11 is 0. The van der Waals surface area contributed by atoms with E-state index in [0.717, 1.165) is 26.2 Å². The van der Waals surface area contributed by atoms with Crippen molar-refractivity contribution in [1.82, 2.24) is 0 Å². The van der Waals surface area contributed by atoms with E-state index in [2.05, 4.69) is 24.3 Å². The highest BCUT2D eigenvalue weighted by atomic mass is 16.6. The number of epoxide rings is 1. The molecule has 1 saturated heterocycles. The first-order chi connectivity index (χ1) is 6.45. The van der Waals surface area contributed by atoms with Crippen LogP contribution in [0.4, 0.5) is 0 Å². The van der Waals surface area contributed by atoms with Gasteiger partial charge in [0.2, 0.25) is 0 Å². The Balaban J connectivity index is 1.61. The third-order valence-corrected chi connectivity index (χ3v) is 2.08. The van der Waals surface area contributed by atoms with E-state index in [9.17, 15) is 0 Å². The van der Waals surface area contributed by atoms with E-state index in [-0.39, 0.29) is 0 Å². The molecule has 1 heterocycles. The summed E-state index contributed by atoms with van der Waals surface area (Å²) in [5.41, 5.74) is 1.33. The lowest BCUT2D eigenvalue weighted by atomic mass is 10.2. The van der Waals surface area contributed by atoms with Crippen molar-refractivity contribution in [3.63, 3.8) is 0 Å². The van der Waals surface area contributed by atoms with Gasteiger partial charge in [-0.1, -0.05) is 30.3 Å². The minimum atomic E-state index is 0.385. The highest BCUT2D eigenvalue weighted by Gasteiger charge is 2.21. The van der Waals surface area contributed by atoms with Crippen LogP contribution in [0, 0.1) is 0 Å². The normalized spacial score (nSPS) is 20.2. The molecule has 0 aliphatic carbocycles. The van der Waals surface area contributed by atoms with E-state index in [1.165, 1.54) is 5.56 Å². The third kappa shape index (κ3) is 3.17. The van der Waals surface area contributed by atoms with Crippen LogP contribution in [0.5, 0.6) is 0 Å². The van der Waals surface area contributed by atoms with Crippen molar-refractivity contribution in [3.05, 3.63) is 35.9 Å². The molecule has 1 unspecified atom stereocenters. The monoisotopic (exact) mass is 178 g/mol. The van der Waals surface area contributed by atoms with Crippen LogP contribution in [0.1, 0.15) is 5.56 Å². The van der Waals surface area contributed by atoms with Crippen LogP contribution >= 0.6 is 0 Å². The quantitative estimate of drug-likeness (QED) is 0.505. The van der Waals surface area contributed by atoms with Gasteiger partial charge in [-0.2, -0.15) is 0 Å². The Morgan fingerprint density at radius 1 is 1.31 bits per heavy atom. The molecule has 1 aromatic carbocycles. The maximum Gasteiger partial charge on any atom is 0.104 e. The van der Waals surface area contributed by atoms with E-state index in [1.807, 2.05) is 6.07 Å². The summed E-state index contributed by atoms with van der Waals surface area (Å²) in [6.45, 7) is 2.43. The largest absolute Gasteiger partial charge is 0.378 e. The first-order valence-corrected chi connectivity index (χ1v) is 4.68. The van der Waals surface area contributed by atoms with E-state index < -0.39 is 0 Å². The molecule has 2 nitrogen and oxygen atoms in total. The van der Waals surface area contributed by atoms with E-state index in [4.69, 9.17) is 9.47 Å². The molecule has 1 fully saturated rings. The fourth-order valence-electron chi connectivity index (χ4n) is 1.21. The molecule has 1 atom stereocenters. The van der Waals surface area contributed by atoms with Gasteiger partial charge in [0.25, 0.3) is 0 Å². The van der Waals surface area contributed by atoms with Crippen molar-refractivity contribution in [3.8, 4) is 0 Å². The van der Waals surface area contributed by atoms with Gasteiger partial charge in [-0.15, -0.1) is 0 Å². The molecule has 70 valence electrons. The molecule has 2 rings (SSSR count). The zero-order valence-electron chi connectivity index (χ0n) is 7.61. The second-order valence-electron chi connectivity index (χ2n) is 3.27. The van der Waals surface area contributed by atoms with Crippen LogP contribution in [0.2, 0.25) is 0 Å². The molecule has 0 spiro atoms. The highest BCUT2D eigenvalue weighted by molar-refractivity contribution is 5.14. The Morgan fingerprint density at radius 2 is 2.08 bits per heavy atom. The van der Waals surface area contributed by atoms with Crippen molar-refractivity contribution in [2.75, 3.05) is 19.8 Å². The third-order valence-electron chi connectivity index (χ3n) is 2.08. The minimum absolute atomic E-state index is 0.385. The van der Waals surface area contributed by atoms with Crippen LogP contribution in [0.15, 0.2) is 30.3 Å². The number of hydrogen-bond acceptors (Lipinski definition) is 2. The molecule has 2 heteroatoms. The molecular formula is C11H14O2. The van der Waals surface area contributed by atoms with Crippen LogP contribution in [-0.4, -0.2) is 25.9 Å². The van der Waals surface area contributed by atoms with Crippen molar-refractivity contribution < 1.29 is 9.47 Å². The van der Waals surface area contributed by atoms with Gasteiger partial charge in [-0.25, -0.2) is 0 Å². The smallest absolute Gasteiger partial charge is 0.104 e. The second-order valence-corrected chi connectivity index (χ2v) is 3.27. The van der Waals surface area contributed by atoms with E-state index in [0.29, 0.717) is 6.10 Å². The summed E-state index contributed by atoms with van der Waals surface area (Å²) in [7, 11) is 0.